The number of carbonyl (C=O) groups is 1. The third-order valence-electron chi connectivity index (χ3n) is 1.64. The van der Waals surface area contributed by atoms with E-state index < -0.39 is 6.09 Å². The van der Waals surface area contributed by atoms with Crippen LogP contribution < -0.4 is 4.90 Å². The van der Waals surface area contributed by atoms with Crippen molar-refractivity contribution in [2.24, 2.45) is 0 Å². The van der Waals surface area contributed by atoms with Gasteiger partial charge in [0.2, 0.25) is 0 Å². The number of aromatic nitrogens is 1. The Balaban J connectivity index is 2.57. The van der Waals surface area contributed by atoms with E-state index in [9.17, 15) is 4.79 Å². The smallest absolute Gasteiger partial charge is 0.414 e. The first-order valence-corrected chi connectivity index (χ1v) is 4.17. The first-order valence-electron chi connectivity index (χ1n) is 4.17. The lowest BCUT2D eigenvalue weighted by Gasteiger charge is -2.15. The minimum Gasteiger partial charge on any atom is -0.447 e. The van der Waals surface area contributed by atoms with E-state index in [1.807, 2.05) is 0 Å². The number of aliphatic hydroxyl groups excluding tert-OH is 1. The molecule has 5 heteroatoms. The van der Waals surface area contributed by atoms with Crippen LogP contribution in [-0.4, -0.2) is 36.4 Å². The van der Waals surface area contributed by atoms with E-state index in [4.69, 9.17) is 9.84 Å². The van der Waals surface area contributed by atoms with Crippen LogP contribution in [0.3, 0.4) is 0 Å². The topological polar surface area (TPSA) is 62.7 Å². The second-order valence-corrected chi connectivity index (χ2v) is 2.60. The molecule has 0 fully saturated rings. The van der Waals surface area contributed by atoms with Crippen molar-refractivity contribution in [3.05, 3.63) is 24.5 Å². The maximum absolute atomic E-state index is 11.3. The molecule has 0 aliphatic carbocycles. The Morgan fingerprint density at radius 1 is 1.57 bits per heavy atom. The van der Waals surface area contributed by atoms with E-state index in [0.717, 1.165) is 0 Å². The minimum absolute atomic E-state index is 0.00819. The Labute approximate surface area is 81.9 Å². The minimum atomic E-state index is -0.495. The molecule has 0 aliphatic rings. The molecule has 0 atom stereocenters. The number of amides is 1. The van der Waals surface area contributed by atoms with Crippen molar-refractivity contribution < 1.29 is 14.6 Å². The number of pyridine rings is 1. The quantitative estimate of drug-likeness (QED) is 0.770. The summed E-state index contributed by atoms with van der Waals surface area (Å²) in [5, 5.41) is 8.46. The molecule has 76 valence electrons. The van der Waals surface area contributed by atoms with E-state index in [1.54, 1.807) is 31.6 Å². The van der Waals surface area contributed by atoms with Crippen LogP contribution in [0.15, 0.2) is 24.5 Å². The molecule has 1 amide bonds. The molecule has 0 radical (unpaired) electrons. The van der Waals surface area contributed by atoms with Crippen molar-refractivity contribution in [1.82, 2.24) is 4.98 Å². The Morgan fingerprint density at radius 2 is 2.21 bits per heavy atom. The van der Waals surface area contributed by atoms with Crippen molar-refractivity contribution in [2.45, 2.75) is 0 Å². The van der Waals surface area contributed by atoms with E-state index in [-0.39, 0.29) is 13.2 Å². The molecule has 0 spiro atoms. The molecule has 0 bridgehead atoms. The summed E-state index contributed by atoms with van der Waals surface area (Å²) in [6, 6.07) is 3.39. The monoisotopic (exact) mass is 196 g/mol. The van der Waals surface area contributed by atoms with E-state index in [2.05, 4.69) is 4.98 Å². The maximum atomic E-state index is 11.3. The third-order valence-corrected chi connectivity index (χ3v) is 1.64. The number of nitrogens with zero attached hydrogens (tertiary/aromatic N) is 2. The second-order valence-electron chi connectivity index (χ2n) is 2.60. The molecule has 1 aromatic heterocycles. The van der Waals surface area contributed by atoms with Gasteiger partial charge in [0.25, 0.3) is 0 Å². The largest absolute Gasteiger partial charge is 0.447 e. The molecule has 0 unspecified atom stereocenters. The Bertz CT molecular complexity index is 289. The van der Waals surface area contributed by atoms with Gasteiger partial charge in [-0.15, -0.1) is 0 Å². The molecule has 0 aliphatic heterocycles. The maximum Gasteiger partial charge on any atom is 0.414 e. The Kier molecular flexibility index (Phi) is 3.87. The Morgan fingerprint density at radius 3 is 2.79 bits per heavy atom. The van der Waals surface area contributed by atoms with Gasteiger partial charge in [-0.05, 0) is 12.1 Å². The third kappa shape index (κ3) is 2.70. The van der Waals surface area contributed by atoms with Crippen LogP contribution in [0.25, 0.3) is 0 Å². The molecule has 1 rings (SSSR count). The van der Waals surface area contributed by atoms with Gasteiger partial charge >= 0.3 is 6.09 Å². The Hall–Kier alpha value is -1.62. The number of hydrogen-bond acceptors (Lipinski definition) is 4. The summed E-state index contributed by atoms with van der Waals surface area (Å²) in [5.74, 6) is 0. The molecule has 1 heterocycles. The van der Waals surface area contributed by atoms with Crippen LogP contribution in [0.2, 0.25) is 0 Å². The number of ether oxygens (including phenoxy) is 1. The van der Waals surface area contributed by atoms with Crippen molar-refractivity contribution in [3.63, 3.8) is 0 Å². The first kappa shape index (κ1) is 10.5. The van der Waals surface area contributed by atoms with Gasteiger partial charge in [-0.1, -0.05) is 0 Å². The summed E-state index contributed by atoms with van der Waals surface area (Å²) < 4.78 is 4.72. The SMILES string of the molecule is CN(C(=O)OCCO)c1ccncc1. The van der Waals surface area contributed by atoms with Crippen LogP contribution in [0.5, 0.6) is 0 Å². The molecule has 0 aromatic carbocycles. The zero-order chi connectivity index (χ0) is 10.4. The predicted octanol–water partition coefficient (Wildman–Crippen LogP) is 0.647. The van der Waals surface area contributed by atoms with Gasteiger partial charge in [-0.25, -0.2) is 4.79 Å². The van der Waals surface area contributed by atoms with Crippen LogP contribution in [0.4, 0.5) is 10.5 Å². The van der Waals surface area contributed by atoms with E-state index in [1.165, 1.54) is 4.90 Å². The molecule has 14 heavy (non-hydrogen) atoms. The van der Waals surface area contributed by atoms with Crippen LogP contribution >= 0.6 is 0 Å². The molecule has 5 nitrogen and oxygen atoms in total. The van der Waals surface area contributed by atoms with Gasteiger partial charge in [-0.2, -0.15) is 0 Å². The van der Waals surface area contributed by atoms with Gasteiger partial charge in [0.15, 0.2) is 0 Å². The van der Waals surface area contributed by atoms with Crippen LogP contribution in [-0.2, 0) is 4.74 Å². The number of hydrogen-bond donors (Lipinski definition) is 1. The normalized spacial score (nSPS) is 9.57. The van der Waals surface area contributed by atoms with E-state index >= 15 is 0 Å². The average molecular weight is 196 g/mol. The highest BCUT2D eigenvalue weighted by molar-refractivity contribution is 5.86. The summed E-state index contributed by atoms with van der Waals surface area (Å²) >= 11 is 0. The molecule has 1 N–H and O–H groups in total. The second kappa shape index (κ2) is 5.18. The fraction of sp³-hybridized carbons (Fsp3) is 0.333. The summed E-state index contributed by atoms with van der Waals surface area (Å²) in [5.41, 5.74) is 0.697. The zero-order valence-corrected chi connectivity index (χ0v) is 7.88. The molecule has 0 saturated heterocycles. The zero-order valence-electron chi connectivity index (χ0n) is 7.88. The highest BCUT2D eigenvalue weighted by Crippen LogP contribution is 2.10. The predicted molar refractivity (Wildman–Crippen MR) is 51.1 cm³/mol. The van der Waals surface area contributed by atoms with Crippen molar-refractivity contribution >= 4 is 11.8 Å². The number of rotatable bonds is 3. The number of anilines is 1. The van der Waals surface area contributed by atoms with Crippen molar-refractivity contribution in [1.29, 1.82) is 0 Å². The van der Waals surface area contributed by atoms with Gasteiger partial charge in [0.1, 0.15) is 6.61 Å². The lowest BCUT2D eigenvalue weighted by Crippen LogP contribution is -2.27. The number of aliphatic hydroxyl groups is 1. The molecular formula is C9H12N2O3. The van der Waals surface area contributed by atoms with E-state index in [0.29, 0.717) is 5.69 Å². The molecule has 0 saturated carbocycles. The summed E-state index contributed by atoms with van der Waals surface area (Å²) in [4.78, 5) is 16.4. The van der Waals surface area contributed by atoms with Gasteiger partial charge in [0, 0.05) is 25.1 Å². The first-order chi connectivity index (χ1) is 6.75. The standard InChI is InChI=1S/C9H12N2O3/c1-11(9(13)14-7-6-12)8-2-4-10-5-3-8/h2-5,12H,6-7H2,1H3. The van der Waals surface area contributed by atoms with Crippen LogP contribution in [0, 0.1) is 0 Å². The van der Waals surface area contributed by atoms with Crippen LogP contribution in [0.1, 0.15) is 0 Å². The molecule has 1 aromatic rings. The fourth-order valence-corrected chi connectivity index (χ4v) is 0.903. The fourth-order valence-electron chi connectivity index (χ4n) is 0.903. The molecular weight excluding hydrogens is 184 g/mol. The summed E-state index contributed by atoms with van der Waals surface area (Å²) in [6.45, 7) is -0.163. The average Bonchev–Trinajstić information content (AvgIpc) is 2.26. The lowest BCUT2D eigenvalue weighted by atomic mass is 10.4. The van der Waals surface area contributed by atoms with Crippen molar-refractivity contribution in [2.75, 3.05) is 25.2 Å². The van der Waals surface area contributed by atoms with Gasteiger partial charge in [-0.3, -0.25) is 9.88 Å². The highest BCUT2D eigenvalue weighted by atomic mass is 16.6. The number of carbonyl (C=O) groups excluding carboxylic acids is 1. The summed E-state index contributed by atoms with van der Waals surface area (Å²) in [7, 11) is 1.59. The summed E-state index contributed by atoms with van der Waals surface area (Å²) in [6.07, 6.45) is 2.68. The van der Waals surface area contributed by atoms with Gasteiger partial charge in [0.05, 0.1) is 6.61 Å². The van der Waals surface area contributed by atoms with Gasteiger partial charge < -0.3 is 9.84 Å². The van der Waals surface area contributed by atoms with Crippen molar-refractivity contribution in [3.8, 4) is 0 Å². The highest BCUT2D eigenvalue weighted by Gasteiger charge is 2.10. The lowest BCUT2D eigenvalue weighted by molar-refractivity contribution is 0.126.